The Bertz CT molecular complexity index is 740. The van der Waals surface area contributed by atoms with Crippen molar-refractivity contribution in [3.8, 4) is 0 Å². The molecule has 0 atom stereocenters. The van der Waals surface area contributed by atoms with E-state index in [4.69, 9.17) is 0 Å². The first-order valence-corrected chi connectivity index (χ1v) is 9.32. The van der Waals surface area contributed by atoms with Gasteiger partial charge in [0, 0.05) is 19.6 Å². The smallest absolute Gasteiger partial charge is 0.272 e. The highest BCUT2D eigenvalue weighted by atomic mass is 16.2. The van der Waals surface area contributed by atoms with E-state index in [1.165, 1.54) is 12.0 Å². The predicted octanol–water partition coefficient (Wildman–Crippen LogP) is 3.07. The third-order valence-corrected chi connectivity index (χ3v) is 4.61. The average Bonchev–Trinajstić information content (AvgIpc) is 2.72. The maximum atomic E-state index is 12.5. The summed E-state index contributed by atoms with van der Waals surface area (Å²) in [5.74, 6) is -0.310. The molecule has 5 heteroatoms. The Morgan fingerprint density at radius 3 is 2.42 bits per heavy atom. The van der Waals surface area contributed by atoms with Gasteiger partial charge in [0.1, 0.15) is 11.4 Å². The Kier molecular flexibility index (Phi) is 6.36. The first-order valence-electron chi connectivity index (χ1n) is 9.32. The third-order valence-electron chi connectivity index (χ3n) is 4.61. The van der Waals surface area contributed by atoms with Crippen molar-refractivity contribution >= 4 is 11.8 Å². The van der Waals surface area contributed by atoms with Gasteiger partial charge in [0.25, 0.3) is 11.8 Å². The van der Waals surface area contributed by atoms with E-state index in [2.05, 4.69) is 22.4 Å². The number of carbonyl (C=O) groups is 2. The molecule has 2 aromatic rings. The molecule has 0 spiro atoms. The number of aryl methyl sites for hydroxylation is 1. The van der Waals surface area contributed by atoms with Gasteiger partial charge in [-0.25, -0.2) is 4.98 Å². The second-order valence-corrected chi connectivity index (χ2v) is 6.61. The molecule has 1 N–H and O–H groups in total. The number of likely N-dealkylation sites (tertiary alicyclic amines) is 1. The molecule has 0 unspecified atom stereocenters. The Morgan fingerprint density at radius 2 is 1.65 bits per heavy atom. The fraction of sp³-hybridized carbons (Fsp3) is 0.381. The summed E-state index contributed by atoms with van der Waals surface area (Å²) >= 11 is 0. The van der Waals surface area contributed by atoms with Crippen molar-refractivity contribution in [3.63, 3.8) is 0 Å². The van der Waals surface area contributed by atoms with Crippen LogP contribution in [0.5, 0.6) is 0 Å². The quantitative estimate of drug-likeness (QED) is 0.814. The minimum Gasteiger partial charge on any atom is -0.351 e. The molecule has 26 heavy (non-hydrogen) atoms. The molecule has 5 nitrogen and oxygen atoms in total. The number of aromatic nitrogens is 1. The molecule has 1 aromatic heterocycles. The molecule has 136 valence electrons. The average molecular weight is 351 g/mol. The van der Waals surface area contributed by atoms with Crippen molar-refractivity contribution in [1.29, 1.82) is 0 Å². The van der Waals surface area contributed by atoms with Crippen LogP contribution in [0, 0.1) is 0 Å². The van der Waals surface area contributed by atoms with Crippen LogP contribution in [-0.2, 0) is 6.42 Å². The van der Waals surface area contributed by atoms with Crippen LogP contribution in [0.2, 0.25) is 0 Å². The topological polar surface area (TPSA) is 62.3 Å². The van der Waals surface area contributed by atoms with Gasteiger partial charge in [0.05, 0.1) is 0 Å². The summed E-state index contributed by atoms with van der Waals surface area (Å²) in [5.41, 5.74) is 1.91. The number of pyridine rings is 1. The van der Waals surface area contributed by atoms with Gasteiger partial charge in [-0.1, -0.05) is 36.4 Å². The number of rotatable bonds is 6. The zero-order valence-corrected chi connectivity index (χ0v) is 15.0. The van der Waals surface area contributed by atoms with Crippen LogP contribution in [0.3, 0.4) is 0 Å². The molecule has 2 heterocycles. The lowest BCUT2D eigenvalue weighted by Crippen LogP contribution is -2.36. The van der Waals surface area contributed by atoms with E-state index in [0.29, 0.717) is 17.9 Å². The summed E-state index contributed by atoms with van der Waals surface area (Å²) in [5, 5.41) is 2.89. The Labute approximate surface area is 154 Å². The Morgan fingerprint density at radius 1 is 0.923 bits per heavy atom. The highest BCUT2D eigenvalue weighted by Crippen LogP contribution is 2.12. The van der Waals surface area contributed by atoms with Crippen molar-refractivity contribution < 1.29 is 9.59 Å². The van der Waals surface area contributed by atoms with E-state index in [9.17, 15) is 9.59 Å². The summed E-state index contributed by atoms with van der Waals surface area (Å²) in [4.78, 5) is 30.9. The molecular formula is C21H25N3O2. The lowest BCUT2D eigenvalue weighted by atomic mass is 10.1. The van der Waals surface area contributed by atoms with Crippen LogP contribution in [0.25, 0.3) is 0 Å². The van der Waals surface area contributed by atoms with E-state index >= 15 is 0 Å². The molecule has 0 saturated carbocycles. The third kappa shape index (κ3) is 4.91. The van der Waals surface area contributed by atoms with Crippen LogP contribution < -0.4 is 5.32 Å². The van der Waals surface area contributed by atoms with Crippen molar-refractivity contribution in [1.82, 2.24) is 15.2 Å². The molecule has 0 radical (unpaired) electrons. The van der Waals surface area contributed by atoms with Gasteiger partial charge >= 0.3 is 0 Å². The number of hydrogen-bond donors (Lipinski definition) is 1. The minimum atomic E-state index is -0.230. The summed E-state index contributed by atoms with van der Waals surface area (Å²) in [6.07, 6.45) is 5.02. The molecule has 1 saturated heterocycles. The number of nitrogens with one attached hydrogen (secondary N) is 1. The Balaban J connectivity index is 1.52. The Hall–Kier alpha value is -2.69. The fourth-order valence-electron chi connectivity index (χ4n) is 3.17. The molecule has 2 amide bonds. The lowest BCUT2D eigenvalue weighted by molar-refractivity contribution is 0.0718. The second-order valence-electron chi connectivity index (χ2n) is 6.61. The van der Waals surface area contributed by atoms with Gasteiger partial charge in [-0.15, -0.1) is 0 Å². The van der Waals surface area contributed by atoms with E-state index in [1.54, 1.807) is 18.2 Å². The minimum absolute atomic E-state index is 0.0802. The van der Waals surface area contributed by atoms with Crippen LogP contribution >= 0.6 is 0 Å². The fourth-order valence-corrected chi connectivity index (χ4v) is 3.17. The second kappa shape index (κ2) is 9.13. The molecule has 1 aliphatic heterocycles. The van der Waals surface area contributed by atoms with Crippen LogP contribution in [0.1, 0.15) is 52.2 Å². The van der Waals surface area contributed by atoms with E-state index in [0.717, 1.165) is 38.8 Å². The number of hydrogen-bond acceptors (Lipinski definition) is 3. The van der Waals surface area contributed by atoms with Gasteiger partial charge in [-0.05, 0) is 49.8 Å². The van der Waals surface area contributed by atoms with Gasteiger partial charge in [0.15, 0.2) is 0 Å². The van der Waals surface area contributed by atoms with E-state index in [-0.39, 0.29) is 11.8 Å². The molecule has 1 aromatic carbocycles. The lowest BCUT2D eigenvalue weighted by Gasteiger charge is -2.26. The number of piperidine rings is 1. The molecule has 1 fully saturated rings. The van der Waals surface area contributed by atoms with Crippen molar-refractivity contribution in [2.24, 2.45) is 0 Å². The van der Waals surface area contributed by atoms with Crippen molar-refractivity contribution in [2.75, 3.05) is 19.6 Å². The van der Waals surface area contributed by atoms with Crippen molar-refractivity contribution in [2.45, 2.75) is 32.1 Å². The van der Waals surface area contributed by atoms with Crippen LogP contribution in [-0.4, -0.2) is 41.3 Å². The monoisotopic (exact) mass is 351 g/mol. The van der Waals surface area contributed by atoms with Gasteiger partial charge < -0.3 is 10.2 Å². The first kappa shape index (κ1) is 18.1. The summed E-state index contributed by atoms with van der Waals surface area (Å²) in [7, 11) is 0. The SMILES string of the molecule is O=C(NCCCc1ccccc1)c1cccc(C(=O)N2CCCCC2)n1. The van der Waals surface area contributed by atoms with E-state index in [1.807, 2.05) is 23.1 Å². The largest absolute Gasteiger partial charge is 0.351 e. The number of nitrogens with zero attached hydrogens (tertiary/aromatic N) is 2. The van der Waals surface area contributed by atoms with Gasteiger partial charge in [0.2, 0.25) is 0 Å². The maximum absolute atomic E-state index is 12.5. The number of carbonyl (C=O) groups excluding carboxylic acids is 2. The molecule has 3 rings (SSSR count). The maximum Gasteiger partial charge on any atom is 0.272 e. The number of amides is 2. The molecule has 1 aliphatic rings. The van der Waals surface area contributed by atoms with Gasteiger partial charge in [-0.3, -0.25) is 9.59 Å². The standard InChI is InChI=1S/C21H25N3O2/c25-20(22-14-8-11-17-9-3-1-4-10-17)18-12-7-13-19(23-18)21(26)24-15-5-2-6-16-24/h1,3-4,7,9-10,12-13H,2,5-6,8,11,14-16H2,(H,22,25). The van der Waals surface area contributed by atoms with Gasteiger partial charge in [-0.2, -0.15) is 0 Å². The normalized spacial score (nSPS) is 14.1. The summed E-state index contributed by atoms with van der Waals surface area (Å²) < 4.78 is 0. The highest BCUT2D eigenvalue weighted by Gasteiger charge is 2.20. The molecule has 0 bridgehead atoms. The first-order chi connectivity index (χ1) is 12.7. The van der Waals surface area contributed by atoms with Crippen molar-refractivity contribution in [3.05, 3.63) is 65.5 Å². The predicted molar refractivity (Wildman–Crippen MR) is 101 cm³/mol. The number of benzene rings is 1. The molecule has 0 aliphatic carbocycles. The highest BCUT2D eigenvalue weighted by molar-refractivity contribution is 5.96. The summed E-state index contributed by atoms with van der Waals surface area (Å²) in [6, 6.07) is 15.3. The van der Waals surface area contributed by atoms with E-state index < -0.39 is 0 Å². The zero-order valence-electron chi connectivity index (χ0n) is 15.0. The summed E-state index contributed by atoms with van der Waals surface area (Å²) in [6.45, 7) is 2.13. The zero-order chi connectivity index (χ0) is 18.2. The van der Waals surface area contributed by atoms with Crippen LogP contribution in [0.15, 0.2) is 48.5 Å². The van der Waals surface area contributed by atoms with Crippen LogP contribution in [0.4, 0.5) is 0 Å². The molecular weight excluding hydrogens is 326 g/mol.